The first-order valence-electron chi connectivity index (χ1n) is 8.95. The third-order valence-electron chi connectivity index (χ3n) is 4.43. The van der Waals surface area contributed by atoms with Gasteiger partial charge in [-0.05, 0) is 51.9 Å². The minimum Gasteiger partial charge on any atom is -0.476 e. The fraction of sp³-hybridized carbons (Fsp3) is 0.722. The first-order valence-corrected chi connectivity index (χ1v) is 8.95. The highest BCUT2D eigenvalue weighted by atomic mass is 16.6. The van der Waals surface area contributed by atoms with E-state index in [1.54, 1.807) is 7.11 Å². The Kier molecular flexibility index (Phi) is 5.42. The zero-order valence-electron chi connectivity index (χ0n) is 15.2. The molecule has 0 spiro atoms. The first-order chi connectivity index (χ1) is 12.0. The summed E-state index contributed by atoms with van der Waals surface area (Å²) in [6.07, 6.45) is 6.27. The monoisotopic (exact) mass is 349 g/mol. The molecule has 0 aromatic carbocycles. The molecule has 1 aromatic rings. The van der Waals surface area contributed by atoms with Gasteiger partial charge in [0.25, 0.3) is 0 Å². The van der Waals surface area contributed by atoms with Crippen molar-refractivity contribution in [1.29, 1.82) is 0 Å². The van der Waals surface area contributed by atoms with Crippen LogP contribution in [0.4, 0.5) is 4.79 Å². The van der Waals surface area contributed by atoms with E-state index in [1.807, 2.05) is 13.8 Å². The molecule has 2 aliphatic rings. The van der Waals surface area contributed by atoms with Crippen LogP contribution in [0.15, 0.2) is 6.20 Å². The topological polar surface area (TPSA) is 82.6 Å². The summed E-state index contributed by atoms with van der Waals surface area (Å²) in [7, 11) is 1.63. The average molecular weight is 349 g/mol. The molecule has 1 heterocycles. The summed E-state index contributed by atoms with van der Waals surface area (Å²) in [5.41, 5.74) is 0.452. The number of nitrogens with zero attached hydrogens (tertiary/aromatic N) is 2. The van der Waals surface area contributed by atoms with E-state index in [4.69, 9.17) is 14.2 Å². The van der Waals surface area contributed by atoms with Gasteiger partial charge in [-0.15, -0.1) is 0 Å². The fourth-order valence-electron chi connectivity index (χ4n) is 2.46. The molecular formula is C18H27N3O4. The summed E-state index contributed by atoms with van der Waals surface area (Å²) >= 11 is 0. The maximum Gasteiger partial charge on any atom is 0.414 e. The quantitative estimate of drug-likeness (QED) is 0.738. The van der Waals surface area contributed by atoms with Crippen molar-refractivity contribution in [2.75, 3.05) is 20.3 Å². The molecule has 0 saturated heterocycles. The van der Waals surface area contributed by atoms with E-state index in [0.717, 1.165) is 18.5 Å². The molecule has 25 heavy (non-hydrogen) atoms. The van der Waals surface area contributed by atoms with Crippen LogP contribution in [0.25, 0.3) is 0 Å². The van der Waals surface area contributed by atoms with Crippen molar-refractivity contribution >= 4 is 6.09 Å². The fourth-order valence-corrected chi connectivity index (χ4v) is 2.46. The number of carbonyl (C=O) groups is 1. The van der Waals surface area contributed by atoms with E-state index in [9.17, 15) is 4.79 Å². The van der Waals surface area contributed by atoms with Gasteiger partial charge in [-0.25, -0.2) is 9.78 Å². The second-order valence-corrected chi connectivity index (χ2v) is 7.57. The molecule has 1 amide bonds. The standard InChI is InChI=1S/C18H27N3O4/c1-18(2,8-9-23-3)21-17(22)25-14-10-19-15(13-6-7-13)16(20-14)24-11-12-4-5-12/h10,12-13H,4-9,11H2,1-3H3,(H,21,22). The van der Waals surface area contributed by atoms with E-state index in [-0.39, 0.29) is 5.88 Å². The highest BCUT2D eigenvalue weighted by molar-refractivity contribution is 5.70. The van der Waals surface area contributed by atoms with Crippen molar-refractivity contribution in [3.05, 3.63) is 11.9 Å². The van der Waals surface area contributed by atoms with Crippen molar-refractivity contribution in [2.45, 2.75) is 57.4 Å². The zero-order chi connectivity index (χ0) is 17.9. The second-order valence-electron chi connectivity index (χ2n) is 7.57. The van der Waals surface area contributed by atoms with Crippen LogP contribution in [0.1, 0.15) is 57.6 Å². The lowest BCUT2D eigenvalue weighted by molar-refractivity contribution is 0.153. The van der Waals surface area contributed by atoms with Crippen LogP contribution in [0, 0.1) is 5.92 Å². The van der Waals surface area contributed by atoms with Gasteiger partial charge in [-0.3, -0.25) is 0 Å². The Morgan fingerprint density at radius 3 is 2.72 bits per heavy atom. The summed E-state index contributed by atoms with van der Waals surface area (Å²) in [5, 5.41) is 2.82. The highest BCUT2D eigenvalue weighted by Crippen LogP contribution is 2.43. The van der Waals surface area contributed by atoms with Crippen molar-refractivity contribution in [3.8, 4) is 11.8 Å². The van der Waals surface area contributed by atoms with E-state index in [0.29, 0.717) is 37.4 Å². The number of rotatable bonds is 9. The van der Waals surface area contributed by atoms with Gasteiger partial charge in [0.2, 0.25) is 11.8 Å². The van der Waals surface area contributed by atoms with Crippen LogP contribution >= 0.6 is 0 Å². The maximum atomic E-state index is 12.1. The predicted octanol–water partition coefficient (Wildman–Crippen LogP) is 3.05. The van der Waals surface area contributed by atoms with Crippen LogP contribution in [0.2, 0.25) is 0 Å². The number of nitrogens with one attached hydrogen (secondary N) is 1. The molecule has 1 aromatic heterocycles. The Hall–Kier alpha value is -1.89. The smallest absolute Gasteiger partial charge is 0.414 e. The SMILES string of the molecule is COCCC(C)(C)NC(=O)Oc1cnc(C2CC2)c(OCC2CC2)n1. The number of aromatic nitrogens is 2. The van der Waals surface area contributed by atoms with Crippen molar-refractivity contribution in [2.24, 2.45) is 5.92 Å². The van der Waals surface area contributed by atoms with E-state index in [1.165, 1.54) is 19.0 Å². The first kappa shape index (κ1) is 17.9. The lowest BCUT2D eigenvalue weighted by Crippen LogP contribution is -2.45. The molecule has 138 valence electrons. The van der Waals surface area contributed by atoms with Gasteiger partial charge in [0, 0.05) is 25.2 Å². The minimum absolute atomic E-state index is 0.162. The molecule has 7 nitrogen and oxygen atoms in total. The molecule has 0 unspecified atom stereocenters. The van der Waals surface area contributed by atoms with Crippen LogP contribution in [0.3, 0.4) is 0 Å². The van der Waals surface area contributed by atoms with Gasteiger partial charge in [0.05, 0.1) is 12.8 Å². The van der Waals surface area contributed by atoms with E-state index < -0.39 is 11.6 Å². The van der Waals surface area contributed by atoms with Crippen molar-refractivity contribution in [1.82, 2.24) is 15.3 Å². The number of methoxy groups -OCH3 is 1. The molecule has 0 bridgehead atoms. The molecule has 2 fully saturated rings. The van der Waals surface area contributed by atoms with Crippen LogP contribution in [-0.4, -0.2) is 41.9 Å². The summed E-state index contributed by atoms with van der Waals surface area (Å²) in [4.78, 5) is 20.9. The summed E-state index contributed by atoms with van der Waals surface area (Å²) in [6, 6.07) is 0. The van der Waals surface area contributed by atoms with E-state index >= 15 is 0 Å². The summed E-state index contributed by atoms with van der Waals surface area (Å²) < 4.78 is 16.2. The van der Waals surface area contributed by atoms with Gasteiger partial charge in [0.15, 0.2) is 0 Å². The molecule has 2 aliphatic carbocycles. The van der Waals surface area contributed by atoms with Crippen molar-refractivity contribution < 1.29 is 19.0 Å². The maximum absolute atomic E-state index is 12.1. The Labute approximate surface area is 148 Å². The van der Waals surface area contributed by atoms with Crippen LogP contribution in [0.5, 0.6) is 11.8 Å². The van der Waals surface area contributed by atoms with Gasteiger partial charge in [0.1, 0.15) is 5.69 Å². The highest BCUT2D eigenvalue weighted by Gasteiger charge is 2.31. The van der Waals surface area contributed by atoms with Gasteiger partial charge < -0.3 is 19.5 Å². The number of amides is 1. The normalized spacial score (nSPS) is 17.2. The lowest BCUT2D eigenvalue weighted by Gasteiger charge is -2.25. The molecule has 0 atom stereocenters. The van der Waals surface area contributed by atoms with Gasteiger partial charge in [-0.1, -0.05) is 0 Å². The second kappa shape index (κ2) is 7.56. The molecular weight excluding hydrogens is 322 g/mol. The Morgan fingerprint density at radius 1 is 1.32 bits per heavy atom. The molecule has 7 heteroatoms. The molecule has 2 saturated carbocycles. The third-order valence-corrected chi connectivity index (χ3v) is 4.43. The largest absolute Gasteiger partial charge is 0.476 e. The van der Waals surface area contributed by atoms with Gasteiger partial charge in [-0.2, -0.15) is 4.98 Å². The lowest BCUT2D eigenvalue weighted by atomic mass is 10.0. The third kappa shape index (κ3) is 5.56. The Morgan fingerprint density at radius 2 is 2.08 bits per heavy atom. The van der Waals surface area contributed by atoms with Crippen LogP contribution < -0.4 is 14.8 Å². The number of hydrogen-bond acceptors (Lipinski definition) is 6. The van der Waals surface area contributed by atoms with E-state index in [2.05, 4.69) is 15.3 Å². The minimum atomic E-state index is -0.553. The Balaban J connectivity index is 1.60. The van der Waals surface area contributed by atoms with Crippen molar-refractivity contribution in [3.63, 3.8) is 0 Å². The molecule has 3 rings (SSSR count). The predicted molar refractivity (Wildman–Crippen MR) is 92.0 cm³/mol. The number of hydrogen-bond donors (Lipinski definition) is 1. The summed E-state index contributed by atoms with van der Waals surface area (Å²) in [6.45, 7) is 5.05. The van der Waals surface area contributed by atoms with Crippen LogP contribution in [-0.2, 0) is 4.74 Å². The Bertz CT molecular complexity index is 612. The van der Waals surface area contributed by atoms with Gasteiger partial charge >= 0.3 is 6.09 Å². The average Bonchev–Trinajstić information content (AvgIpc) is 3.44. The number of carbonyl (C=O) groups excluding carboxylic acids is 1. The zero-order valence-corrected chi connectivity index (χ0v) is 15.2. The summed E-state index contributed by atoms with van der Waals surface area (Å²) in [5.74, 6) is 1.73. The number of ether oxygens (including phenoxy) is 3. The molecule has 0 radical (unpaired) electrons. The molecule has 0 aliphatic heterocycles. The molecule has 1 N–H and O–H groups in total.